The average Bonchev–Trinajstić information content (AvgIpc) is 2.64. The molecule has 2 aliphatic rings. The van der Waals surface area contributed by atoms with E-state index in [1.807, 2.05) is 16.7 Å². The van der Waals surface area contributed by atoms with Gasteiger partial charge in [0.25, 0.3) is 0 Å². The van der Waals surface area contributed by atoms with Crippen LogP contribution in [-0.2, 0) is 9.53 Å². The van der Waals surface area contributed by atoms with E-state index >= 15 is 0 Å². The summed E-state index contributed by atoms with van der Waals surface area (Å²) >= 11 is 0. The summed E-state index contributed by atoms with van der Waals surface area (Å²) < 4.78 is 19.9. The molecule has 0 aliphatic carbocycles. The van der Waals surface area contributed by atoms with Crippen molar-refractivity contribution >= 4 is 5.91 Å². The average molecular weight is 349 g/mol. The molecule has 0 bridgehead atoms. The van der Waals surface area contributed by atoms with Gasteiger partial charge in [0, 0.05) is 37.8 Å². The molecule has 2 N–H and O–H groups in total. The molecule has 1 aromatic rings. The van der Waals surface area contributed by atoms with E-state index in [1.54, 1.807) is 18.2 Å². The molecule has 1 aromatic carbocycles. The molecule has 2 fully saturated rings. The van der Waals surface area contributed by atoms with Gasteiger partial charge in [-0.3, -0.25) is 9.69 Å². The minimum absolute atomic E-state index is 0.0163. The number of morpholine rings is 1. The molecule has 3 atom stereocenters. The van der Waals surface area contributed by atoms with Crippen LogP contribution in [0.25, 0.3) is 0 Å². The Morgan fingerprint density at radius 2 is 2.00 bits per heavy atom. The van der Waals surface area contributed by atoms with Crippen LogP contribution in [-0.4, -0.2) is 61.1 Å². The number of nitrogens with two attached hydrogens (primary N) is 1. The summed E-state index contributed by atoms with van der Waals surface area (Å²) in [4.78, 5) is 17.3. The second-order valence-corrected chi connectivity index (χ2v) is 7.12. The fourth-order valence-corrected chi connectivity index (χ4v) is 3.83. The number of halogens is 1. The summed E-state index contributed by atoms with van der Waals surface area (Å²) in [6, 6.07) is 6.08. The van der Waals surface area contributed by atoms with Gasteiger partial charge in [0.05, 0.1) is 13.2 Å². The lowest BCUT2D eigenvalue weighted by atomic mass is 9.91. The number of hydrogen-bond donors (Lipinski definition) is 1. The van der Waals surface area contributed by atoms with Crippen LogP contribution in [0.5, 0.6) is 0 Å². The van der Waals surface area contributed by atoms with Crippen LogP contribution in [0.3, 0.4) is 0 Å². The Balaban J connectivity index is 1.85. The summed E-state index contributed by atoms with van der Waals surface area (Å²) in [7, 11) is 0. The normalized spacial score (nSPS) is 24.8. The van der Waals surface area contributed by atoms with E-state index in [9.17, 15) is 9.18 Å². The van der Waals surface area contributed by atoms with Crippen LogP contribution in [0.15, 0.2) is 24.3 Å². The molecule has 2 aliphatic heterocycles. The molecule has 25 heavy (non-hydrogen) atoms. The van der Waals surface area contributed by atoms with Crippen molar-refractivity contribution in [2.24, 2.45) is 11.7 Å². The van der Waals surface area contributed by atoms with E-state index in [4.69, 9.17) is 10.5 Å². The first-order chi connectivity index (χ1) is 12.1. The number of benzene rings is 1. The first-order valence-corrected chi connectivity index (χ1v) is 9.18. The fourth-order valence-electron chi connectivity index (χ4n) is 3.83. The minimum Gasteiger partial charge on any atom is -0.379 e. The molecule has 0 aromatic heterocycles. The van der Waals surface area contributed by atoms with E-state index in [0.29, 0.717) is 44.3 Å². The Morgan fingerprint density at radius 3 is 2.68 bits per heavy atom. The van der Waals surface area contributed by atoms with Crippen LogP contribution in [0.1, 0.15) is 31.4 Å². The highest BCUT2D eigenvalue weighted by Crippen LogP contribution is 2.29. The zero-order valence-electron chi connectivity index (χ0n) is 14.9. The molecule has 2 saturated heterocycles. The zero-order valence-corrected chi connectivity index (χ0v) is 14.9. The second kappa shape index (κ2) is 8.25. The lowest BCUT2D eigenvalue weighted by molar-refractivity contribution is -0.141. The first-order valence-electron chi connectivity index (χ1n) is 9.18. The van der Waals surface area contributed by atoms with Gasteiger partial charge in [-0.05, 0) is 31.7 Å². The molecule has 3 rings (SSSR count). The molecule has 0 unspecified atom stereocenters. The van der Waals surface area contributed by atoms with Crippen LogP contribution < -0.4 is 5.73 Å². The van der Waals surface area contributed by atoms with E-state index < -0.39 is 6.04 Å². The third-order valence-electron chi connectivity index (χ3n) is 5.36. The summed E-state index contributed by atoms with van der Waals surface area (Å²) in [6.45, 7) is 5.78. The SMILES string of the molecule is C[C@H](N)[C@H]1CCCN(C(=O)[C@@H](c2ccccc2F)N2CCOCC2)C1. The second-order valence-electron chi connectivity index (χ2n) is 7.12. The lowest BCUT2D eigenvalue weighted by Crippen LogP contribution is -2.51. The summed E-state index contributed by atoms with van der Waals surface area (Å²) in [5.74, 6) is -0.0332. The van der Waals surface area contributed by atoms with Gasteiger partial charge in [0.2, 0.25) is 5.91 Å². The van der Waals surface area contributed by atoms with Crippen molar-refractivity contribution in [1.82, 2.24) is 9.80 Å². The Morgan fingerprint density at radius 1 is 1.28 bits per heavy atom. The lowest BCUT2D eigenvalue weighted by Gasteiger charge is -2.40. The molecular weight excluding hydrogens is 321 g/mol. The van der Waals surface area contributed by atoms with Gasteiger partial charge >= 0.3 is 0 Å². The molecule has 5 nitrogen and oxygen atoms in total. The van der Waals surface area contributed by atoms with Crippen molar-refractivity contribution in [1.29, 1.82) is 0 Å². The third kappa shape index (κ3) is 4.19. The van der Waals surface area contributed by atoms with Gasteiger partial charge in [-0.15, -0.1) is 0 Å². The quantitative estimate of drug-likeness (QED) is 0.900. The summed E-state index contributed by atoms with van der Waals surface area (Å²) in [5, 5.41) is 0. The predicted molar refractivity (Wildman–Crippen MR) is 94.5 cm³/mol. The maximum atomic E-state index is 14.5. The maximum Gasteiger partial charge on any atom is 0.244 e. The number of nitrogens with zero attached hydrogens (tertiary/aromatic N) is 2. The number of ether oxygens (including phenoxy) is 1. The van der Waals surface area contributed by atoms with Crippen molar-refractivity contribution < 1.29 is 13.9 Å². The largest absolute Gasteiger partial charge is 0.379 e. The first kappa shape index (κ1) is 18.3. The Bertz CT molecular complexity index is 590. The van der Waals surface area contributed by atoms with E-state index in [1.165, 1.54) is 6.07 Å². The molecule has 0 spiro atoms. The van der Waals surface area contributed by atoms with Crippen LogP contribution in [0.2, 0.25) is 0 Å². The van der Waals surface area contributed by atoms with Crippen LogP contribution in [0, 0.1) is 11.7 Å². The summed E-state index contributed by atoms with van der Waals surface area (Å²) in [6.07, 6.45) is 1.99. The highest BCUT2D eigenvalue weighted by Gasteiger charge is 2.36. The smallest absolute Gasteiger partial charge is 0.244 e. The van der Waals surface area contributed by atoms with Crippen molar-refractivity contribution in [3.05, 3.63) is 35.6 Å². The molecular formula is C19H28FN3O2. The number of rotatable bonds is 4. The van der Waals surface area contributed by atoms with E-state index in [0.717, 1.165) is 19.4 Å². The Labute approximate surface area is 148 Å². The molecule has 6 heteroatoms. The van der Waals surface area contributed by atoms with Crippen LogP contribution in [0.4, 0.5) is 4.39 Å². The fraction of sp³-hybridized carbons (Fsp3) is 0.632. The van der Waals surface area contributed by atoms with Gasteiger partial charge in [0.1, 0.15) is 11.9 Å². The zero-order chi connectivity index (χ0) is 17.8. The van der Waals surface area contributed by atoms with E-state index in [-0.39, 0.29) is 17.8 Å². The topological polar surface area (TPSA) is 58.8 Å². The molecule has 1 amide bonds. The number of amides is 1. The number of hydrogen-bond acceptors (Lipinski definition) is 4. The standard InChI is InChI=1S/C19H28FN3O2/c1-14(21)15-5-4-8-23(13-15)19(24)18(22-9-11-25-12-10-22)16-6-2-3-7-17(16)20/h2-3,6-7,14-15,18H,4-5,8-13,21H2,1H3/t14-,15-,18+/m0/s1. The predicted octanol–water partition coefficient (Wildman–Crippen LogP) is 1.78. The van der Waals surface area contributed by atoms with Gasteiger partial charge in [-0.2, -0.15) is 0 Å². The number of carbonyl (C=O) groups excluding carboxylic acids is 1. The van der Waals surface area contributed by atoms with Crippen molar-refractivity contribution in [2.75, 3.05) is 39.4 Å². The summed E-state index contributed by atoms with van der Waals surface area (Å²) in [5.41, 5.74) is 6.51. The van der Waals surface area contributed by atoms with Gasteiger partial charge in [-0.25, -0.2) is 4.39 Å². The Kier molecular flexibility index (Phi) is 6.04. The van der Waals surface area contributed by atoms with Gasteiger partial charge < -0.3 is 15.4 Å². The maximum absolute atomic E-state index is 14.5. The van der Waals surface area contributed by atoms with Gasteiger partial charge in [-0.1, -0.05) is 18.2 Å². The van der Waals surface area contributed by atoms with Crippen molar-refractivity contribution in [2.45, 2.75) is 31.8 Å². The van der Waals surface area contributed by atoms with Crippen molar-refractivity contribution in [3.8, 4) is 0 Å². The van der Waals surface area contributed by atoms with Crippen LogP contribution >= 0.6 is 0 Å². The highest BCUT2D eigenvalue weighted by molar-refractivity contribution is 5.83. The minimum atomic E-state index is -0.586. The third-order valence-corrected chi connectivity index (χ3v) is 5.36. The van der Waals surface area contributed by atoms with Gasteiger partial charge in [0.15, 0.2) is 0 Å². The number of piperidine rings is 1. The Hall–Kier alpha value is -1.50. The van der Waals surface area contributed by atoms with E-state index in [2.05, 4.69) is 0 Å². The number of likely N-dealkylation sites (tertiary alicyclic amines) is 1. The molecule has 138 valence electrons. The molecule has 0 radical (unpaired) electrons. The molecule has 0 saturated carbocycles. The van der Waals surface area contributed by atoms with Crippen molar-refractivity contribution in [3.63, 3.8) is 0 Å². The monoisotopic (exact) mass is 349 g/mol. The number of carbonyl (C=O) groups is 1. The molecule has 2 heterocycles. The highest BCUT2D eigenvalue weighted by atomic mass is 19.1.